The number of ether oxygens (including phenoxy) is 1. The van der Waals surface area contributed by atoms with Crippen molar-refractivity contribution in [2.45, 2.75) is 63.6 Å². The van der Waals surface area contributed by atoms with Gasteiger partial charge in [0.05, 0.1) is 29.7 Å². The first kappa shape index (κ1) is 23.4. The van der Waals surface area contributed by atoms with Crippen molar-refractivity contribution >= 4 is 28.8 Å². The fraction of sp³-hybridized carbons (Fsp3) is 0.444. The molecule has 35 heavy (non-hydrogen) atoms. The highest BCUT2D eigenvalue weighted by molar-refractivity contribution is 5.95. The minimum atomic E-state index is -0.921. The Morgan fingerprint density at radius 3 is 2.43 bits per heavy atom. The maximum atomic E-state index is 12.6. The number of nitrogens with zero attached hydrogens (tertiary/aromatic N) is 3. The van der Waals surface area contributed by atoms with Gasteiger partial charge in [0, 0.05) is 17.6 Å². The van der Waals surface area contributed by atoms with Crippen molar-refractivity contribution < 1.29 is 24.5 Å². The average Bonchev–Trinajstić information content (AvgIpc) is 3.28. The van der Waals surface area contributed by atoms with Gasteiger partial charge in [-0.15, -0.1) is 0 Å². The summed E-state index contributed by atoms with van der Waals surface area (Å²) in [5, 5.41) is 20.9. The molecule has 1 aliphatic carbocycles. The van der Waals surface area contributed by atoms with Gasteiger partial charge in [-0.05, 0) is 63.1 Å². The predicted molar refractivity (Wildman–Crippen MR) is 132 cm³/mol. The third-order valence-electron chi connectivity index (χ3n) is 7.62. The van der Waals surface area contributed by atoms with Crippen LogP contribution in [0.2, 0.25) is 0 Å². The summed E-state index contributed by atoms with van der Waals surface area (Å²) in [5.74, 6) is -0.511. The highest BCUT2D eigenvalue weighted by Gasteiger charge is 2.34. The molecule has 2 N–H and O–H groups in total. The van der Waals surface area contributed by atoms with E-state index in [-0.39, 0.29) is 18.0 Å². The van der Waals surface area contributed by atoms with Crippen molar-refractivity contribution in [1.82, 2.24) is 9.55 Å². The SMILES string of the molecule is COC(=O)N1c2ccc3c(nc(C(O)c4ccccc4)n3C3CCC(C(=O)O)CC3)c2CC[C@@H]1C. The van der Waals surface area contributed by atoms with Crippen LogP contribution in [0.15, 0.2) is 42.5 Å². The fourth-order valence-electron chi connectivity index (χ4n) is 5.73. The topological polar surface area (TPSA) is 105 Å². The molecule has 0 saturated heterocycles. The zero-order valence-electron chi connectivity index (χ0n) is 20.1. The van der Waals surface area contributed by atoms with Crippen LogP contribution in [-0.2, 0) is 16.0 Å². The van der Waals surface area contributed by atoms with E-state index in [9.17, 15) is 19.8 Å². The molecule has 1 aromatic heterocycles. The summed E-state index contributed by atoms with van der Waals surface area (Å²) < 4.78 is 7.17. The van der Waals surface area contributed by atoms with Crippen molar-refractivity contribution in [2.24, 2.45) is 5.92 Å². The summed E-state index contributed by atoms with van der Waals surface area (Å²) in [4.78, 5) is 30.8. The zero-order valence-corrected chi connectivity index (χ0v) is 20.1. The first-order valence-corrected chi connectivity index (χ1v) is 12.3. The standard InChI is InChI=1S/C27H31N3O5/c1-16-8-13-20-21(29(16)27(34)35-2)14-15-22-23(20)28-25(24(31)17-6-4-3-5-7-17)30(22)19-11-9-18(10-12-19)26(32)33/h3-7,14-16,18-19,24,31H,8-13H2,1-2H3,(H,32,33)/t16-,18?,19?,24?/m0/s1. The molecule has 1 unspecified atom stereocenters. The minimum Gasteiger partial charge on any atom is -0.481 e. The number of amides is 1. The van der Waals surface area contributed by atoms with E-state index in [4.69, 9.17) is 9.72 Å². The van der Waals surface area contributed by atoms with Gasteiger partial charge in [0.2, 0.25) is 0 Å². The largest absolute Gasteiger partial charge is 0.481 e. The number of fused-ring (bicyclic) bond motifs is 3. The number of imidazole rings is 1. The predicted octanol–water partition coefficient (Wildman–Crippen LogP) is 4.84. The second-order valence-corrected chi connectivity index (χ2v) is 9.66. The number of benzene rings is 2. The quantitative estimate of drug-likeness (QED) is 0.557. The Morgan fingerprint density at radius 2 is 1.77 bits per heavy atom. The number of anilines is 1. The van der Waals surface area contributed by atoms with Crippen LogP contribution in [0.1, 0.15) is 68.1 Å². The molecule has 2 heterocycles. The summed E-state index contributed by atoms with van der Waals surface area (Å²) in [6, 6.07) is 13.4. The third kappa shape index (κ3) is 4.05. The number of aryl methyl sites for hydroxylation is 1. The molecule has 8 nitrogen and oxygen atoms in total. The number of aliphatic hydroxyl groups is 1. The molecular formula is C27H31N3O5. The zero-order chi connectivity index (χ0) is 24.7. The molecule has 184 valence electrons. The van der Waals surface area contributed by atoms with Crippen molar-refractivity contribution in [2.75, 3.05) is 12.0 Å². The lowest BCUT2D eigenvalue weighted by molar-refractivity contribution is -0.143. The molecule has 0 spiro atoms. The molecule has 2 aromatic carbocycles. The number of methoxy groups -OCH3 is 1. The molecule has 2 atom stereocenters. The maximum absolute atomic E-state index is 12.6. The lowest BCUT2D eigenvalue weighted by atomic mass is 9.85. The summed E-state index contributed by atoms with van der Waals surface area (Å²) in [6.45, 7) is 2.01. The number of aromatic nitrogens is 2. The van der Waals surface area contributed by atoms with E-state index in [0.29, 0.717) is 31.5 Å². The smallest absolute Gasteiger partial charge is 0.414 e. The van der Waals surface area contributed by atoms with Crippen molar-refractivity contribution in [3.63, 3.8) is 0 Å². The van der Waals surface area contributed by atoms with Crippen molar-refractivity contribution in [3.8, 4) is 0 Å². The number of carbonyl (C=O) groups excluding carboxylic acids is 1. The lowest BCUT2D eigenvalue weighted by Gasteiger charge is -2.34. The third-order valence-corrected chi connectivity index (χ3v) is 7.62. The van der Waals surface area contributed by atoms with Crippen LogP contribution in [0, 0.1) is 5.92 Å². The highest BCUT2D eigenvalue weighted by Crippen LogP contribution is 2.42. The van der Waals surface area contributed by atoms with Crippen LogP contribution in [0.5, 0.6) is 0 Å². The van der Waals surface area contributed by atoms with E-state index >= 15 is 0 Å². The van der Waals surface area contributed by atoms with Crippen LogP contribution in [0.3, 0.4) is 0 Å². The Balaban J connectivity index is 1.65. The van der Waals surface area contributed by atoms with Gasteiger partial charge >= 0.3 is 12.1 Å². The van der Waals surface area contributed by atoms with E-state index in [1.54, 1.807) is 4.90 Å². The minimum absolute atomic E-state index is 0.00941. The first-order valence-electron chi connectivity index (χ1n) is 12.3. The number of aliphatic hydroxyl groups excluding tert-OH is 1. The molecule has 8 heteroatoms. The fourth-order valence-corrected chi connectivity index (χ4v) is 5.73. The monoisotopic (exact) mass is 477 g/mol. The average molecular weight is 478 g/mol. The van der Waals surface area contributed by atoms with Crippen LogP contribution >= 0.6 is 0 Å². The highest BCUT2D eigenvalue weighted by atomic mass is 16.5. The molecule has 1 fully saturated rings. The first-order chi connectivity index (χ1) is 16.9. The number of rotatable bonds is 4. The van der Waals surface area contributed by atoms with Gasteiger partial charge in [-0.2, -0.15) is 0 Å². The van der Waals surface area contributed by atoms with E-state index in [1.807, 2.05) is 49.4 Å². The second-order valence-electron chi connectivity index (χ2n) is 9.66. The molecule has 5 rings (SSSR count). The number of carboxylic acid groups (broad SMARTS) is 1. The Hall–Kier alpha value is -3.39. The van der Waals surface area contributed by atoms with E-state index in [2.05, 4.69) is 4.57 Å². The van der Waals surface area contributed by atoms with Gasteiger partial charge in [0.1, 0.15) is 11.9 Å². The summed E-state index contributed by atoms with van der Waals surface area (Å²) in [6.07, 6.45) is 2.85. The molecule has 3 aromatic rings. The van der Waals surface area contributed by atoms with Gasteiger partial charge in [-0.3, -0.25) is 9.69 Å². The van der Waals surface area contributed by atoms with E-state index in [1.165, 1.54) is 7.11 Å². The summed E-state index contributed by atoms with van der Waals surface area (Å²) in [5.41, 5.74) is 4.22. The summed E-state index contributed by atoms with van der Waals surface area (Å²) in [7, 11) is 1.39. The number of aliphatic carboxylic acids is 1. The van der Waals surface area contributed by atoms with Crippen LogP contribution < -0.4 is 4.90 Å². The van der Waals surface area contributed by atoms with E-state index in [0.717, 1.165) is 40.7 Å². The van der Waals surface area contributed by atoms with Gasteiger partial charge in [-0.1, -0.05) is 30.3 Å². The van der Waals surface area contributed by atoms with Crippen molar-refractivity contribution in [1.29, 1.82) is 0 Å². The summed E-state index contributed by atoms with van der Waals surface area (Å²) >= 11 is 0. The molecule has 0 bridgehead atoms. The van der Waals surface area contributed by atoms with Gasteiger partial charge in [0.15, 0.2) is 0 Å². The number of hydrogen-bond donors (Lipinski definition) is 2. The van der Waals surface area contributed by atoms with Gasteiger partial charge < -0.3 is 19.5 Å². The Bertz CT molecular complexity index is 1250. The molecular weight excluding hydrogens is 446 g/mol. The van der Waals surface area contributed by atoms with Crippen LogP contribution in [-0.4, -0.2) is 45.0 Å². The van der Waals surface area contributed by atoms with Crippen molar-refractivity contribution in [3.05, 3.63) is 59.4 Å². The molecule has 2 aliphatic rings. The molecule has 1 saturated carbocycles. The molecule has 1 aliphatic heterocycles. The van der Waals surface area contributed by atoms with Gasteiger partial charge in [0.25, 0.3) is 0 Å². The van der Waals surface area contributed by atoms with Crippen LogP contribution in [0.25, 0.3) is 11.0 Å². The Morgan fingerprint density at radius 1 is 1.06 bits per heavy atom. The lowest BCUT2D eigenvalue weighted by Crippen LogP contribution is -2.42. The van der Waals surface area contributed by atoms with Crippen LogP contribution in [0.4, 0.5) is 10.5 Å². The molecule has 1 amide bonds. The maximum Gasteiger partial charge on any atom is 0.414 e. The number of carbonyl (C=O) groups is 2. The Labute approximate surface area is 204 Å². The molecule has 0 radical (unpaired) electrons. The second kappa shape index (κ2) is 9.34. The normalized spacial score (nSPS) is 23.1. The number of hydrogen-bond acceptors (Lipinski definition) is 5. The van der Waals surface area contributed by atoms with Gasteiger partial charge in [-0.25, -0.2) is 9.78 Å². The Kier molecular flexibility index (Phi) is 6.23. The number of carboxylic acids is 1. The van der Waals surface area contributed by atoms with E-state index < -0.39 is 18.2 Å².